The first-order valence-electron chi connectivity index (χ1n) is 6.71. The van der Waals surface area contributed by atoms with Gasteiger partial charge in [0.2, 0.25) is 0 Å². The Labute approximate surface area is 121 Å². The van der Waals surface area contributed by atoms with E-state index in [0.29, 0.717) is 22.4 Å². The van der Waals surface area contributed by atoms with Crippen LogP contribution in [0.2, 0.25) is 0 Å². The van der Waals surface area contributed by atoms with Crippen molar-refractivity contribution >= 4 is 16.7 Å². The standard InChI is InChI=1S/C16H15F2N3/c1-9(2)21-14-5-3-4-12(18)15(14)20-16(21)10-6-7-11(17)13(19)8-10/h3-9H,19H2,1-2H3. The number of rotatable bonds is 2. The Balaban J connectivity index is 2.33. The smallest absolute Gasteiger partial charge is 0.151 e. The Morgan fingerprint density at radius 2 is 1.86 bits per heavy atom. The Morgan fingerprint density at radius 1 is 1.10 bits per heavy atom. The van der Waals surface area contributed by atoms with Crippen molar-refractivity contribution < 1.29 is 8.78 Å². The number of nitrogens with two attached hydrogens (primary N) is 1. The van der Waals surface area contributed by atoms with Gasteiger partial charge in [-0.2, -0.15) is 0 Å². The molecule has 0 spiro atoms. The molecule has 0 saturated heterocycles. The van der Waals surface area contributed by atoms with Gasteiger partial charge in [-0.1, -0.05) is 6.07 Å². The third kappa shape index (κ3) is 2.14. The molecule has 0 unspecified atom stereocenters. The molecule has 1 heterocycles. The molecule has 1 aromatic heterocycles. The van der Waals surface area contributed by atoms with Crippen molar-refractivity contribution in [3.8, 4) is 11.4 Å². The third-order valence-electron chi connectivity index (χ3n) is 3.44. The normalized spacial score (nSPS) is 11.5. The summed E-state index contributed by atoms with van der Waals surface area (Å²) in [5.74, 6) is -0.267. The van der Waals surface area contributed by atoms with Gasteiger partial charge in [0.1, 0.15) is 17.2 Å². The minimum Gasteiger partial charge on any atom is -0.396 e. The van der Waals surface area contributed by atoms with E-state index in [0.717, 1.165) is 0 Å². The zero-order chi connectivity index (χ0) is 15.1. The molecule has 0 amide bonds. The zero-order valence-corrected chi connectivity index (χ0v) is 11.8. The highest BCUT2D eigenvalue weighted by atomic mass is 19.1. The second kappa shape index (κ2) is 4.84. The van der Waals surface area contributed by atoms with E-state index in [1.807, 2.05) is 24.5 Å². The lowest BCUT2D eigenvalue weighted by atomic mass is 10.1. The first kappa shape index (κ1) is 13.5. The molecule has 0 saturated carbocycles. The molecule has 0 atom stereocenters. The molecule has 3 aromatic rings. The van der Waals surface area contributed by atoms with E-state index in [9.17, 15) is 8.78 Å². The fourth-order valence-electron chi connectivity index (χ4n) is 2.49. The van der Waals surface area contributed by atoms with Crippen molar-refractivity contribution in [1.82, 2.24) is 9.55 Å². The van der Waals surface area contributed by atoms with Crippen LogP contribution in [0.1, 0.15) is 19.9 Å². The zero-order valence-electron chi connectivity index (χ0n) is 11.8. The second-order valence-electron chi connectivity index (χ2n) is 5.24. The first-order chi connectivity index (χ1) is 9.99. The van der Waals surface area contributed by atoms with Crippen molar-refractivity contribution in [2.75, 3.05) is 5.73 Å². The number of benzene rings is 2. The van der Waals surface area contributed by atoms with Gasteiger partial charge >= 0.3 is 0 Å². The van der Waals surface area contributed by atoms with Crippen LogP contribution in [0.4, 0.5) is 14.5 Å². The van der Waals surface area contributed by atoms with Crippen LogP contribution < -0.4 is 5.73 Å². The fraction of sp³-hybridized carbons (Fsp3) is 0.188. The summed E-state index contributed by atoms with van der Waals surface area (Å²) in [6.07, 6.45) is 0. The number of anilines is 1. The van der Waals surface area contributed by atoms with E-state index < -0.39 is 5.82 Å². The number of nitrogens with zero attached hydrogens (tertiary/aromatic N) is 2. The summed E-state index contributed by atoms with van der Waals surface area (Å²) >= 11 is 0. The lowest BCUT2D eigenvalue weighted by Crippen LogP contribution is -2.03. The van der Waals surface area contributed by atoms with Crippen LogP contribution in [0.25, 0.3) is 22.4 Å². The molecule has 0 radical (unpaired) electrons. The minimum atomic E-state index is -0.475. The Bertz CT molecular complexity index is 822. The number of aromatic nitrogens is 2. The second-order valence-corrected chi connectivity index (χ2v) is 5.24. The molecule has 0 aliphatic rings. The van der Waals surface area contributed by atoms with Crippen LogP contribution in [-0.4, -0.2) is 9.55 Å². The van der Waals surface area contributed by atoms with Gasteiger partial charge in [0.05, 0.1) is 11.2 Å². The fourth-order valence-corrected chi connectivity index (χ4v) is 2.49. The highest BCUT2D eigenvalue weighted by Crippen LogP contribution is 2.30. The molecule has 5 heteroatoms. The van der Waals surface area contributed by atoms with Gasteiger partial charge in [-0.3, -0.25) is 0 Å². The molecule has 108 valence electrons. The summed E-state index contributed by atoms with van der Waals surface area (Å²) in [6, 6.07) is 9.35. The van der Waals surface area contributed by atoms with Crippen molar-refractivity contribution in [3.63, 3.8) is 0 Å². The number of halogens is 2. The molecular weight excluding hydrogens is 272 g/mol. The van der Waals surface area contributed by atoms with Gasteiger partial charge < -0.3 is 10.3 Å². The van der Waals surface area contributed by atoms with Gasteiger partial charge in [0.15, 0.2) is 5.82 Å². The molecule has 3 nitrogen and oxygen atoms in total. The van der Waals surface area contributed by atoms with Gasteiger partial charge in [0, 0.05) is 11.6 Å². The molecular formula is C16H15F2N3. The van der Waals surface area contributed by atoms with E-state index in [-0.39, 0.29) is 17.5 Å². The van der Waals surface area contributed by atoms with Gasteiger partial charge in [0.25, 0.3) is 0 Å². The van der Waals surface area contributed by atoms with Gasteiger partial charge in [-0.15, -0.1) is 0 Å². The predicted octanol–water partition coefficient (Wildman–Crippen LogP) is 4.14. The summed E-state index contributed by atoms with van der Waals surface area (Å²) in [5, 5.41) is 0. The number of imidazole rings is 1. The molecule has 2 N–H and O–H groups in total. The van der Waals surface area contributed by atoms with Crippen LogP contribution in [-0.2, 0) is 0 Å². The van der Waals surface area contributed by atoms with E-state index in [4.69, 9.17) is 5.73 Å². The molecule has 0 bridgehead atoms. The van der Waals surface area contributed by atoms with Crippen LogP contribution >= 0.6 is 0 Å². The quantitative estimate of drug-likeness (QED) is 0.720. The predicted molar refractivity (Wildman–Crippen MR) is 79.9 cm³/mol. The van der Waals surface area contributed by atoms with Gasteiger partial charge in [-0.05, 0) is 44.2 Å². The first-order valence-corrected chi connectivity index (χ1v) is 6.71. The average Bonchev–Trinajstić information content (AvgIpc) is 2.83. The number of hydrogen-bond acceptors (Lipinski definition) is 2. The van der Waals surface area contributed by atoms with Crippen molar-refractivity contribution in [2.45, 2.75) is 19.9 Å². The maximum Gasteiger partial charge on any atom is 0.151 e. The van der Waals surface area contributed by atoms with E-state index in [1.165, 1.54) is 18.2 Å². The highest BCUT2D eigenvalue weighted by Gasteiger charge is 2.17. The van der Waals surface area contributed by atoms with E-state index in [1.54, 1.807) is 12.1 Å². The molecule has 2 aromatic carbocycles. The monoisotopic (exact) mass is 287 g/mol. The highest BCUT2D eigenvalue weighted by molar-refractivity contribution is 5.82. The molecule has 0 aliphatic carbocycles. The van der Waals surface area contributed by atoms with E-state index >= 15 is 0 Å². The maximum absolute atomic E-state index is 13.9. The van der Waals surface area contributed by atoms with Crippen LogP contribution in [0.15, 0.2) is 36.4 Å². The van der Waals surface area contributed by atoms with Crippen LogP contribution in [0.3, 0.4) is 0 Å². The number of fused-ring (bicyclic) bond motifs is 1. The largest absolute Gasteiger partial charge is 0.396 e. The number of hydrogen-bond donors (Lipinski definition) is 1. The Morgan fingerprint density at radius 3 is 2.52 bits per heavy atom. The molecule has 3 rings (SSSR count). The summed E-state index contributed by atoms with van der Waals surface area (Å²) in [4.78, 5) is 4.38. The van der Waals surface area contributed by atoms with Crippen molar-refractivity contribution in [1.29, 1.82) is 0 Å². The summed E-state index contributed by atoms with van der Waals surface area (Å²) in [6.45, 7) is 3.98. The van der Waals surface area contributed by atoms with Gasteiger partial charge in [-0.25, -0.2) is 13.8 Å². The third-order valence-corrected chi connectivity index (χ3v) is 3.44. The van der Waals surface area contributed by atoms with Crippen LogP contribution in [0.5, 0.6) is 0 Å². The average molecular weight is 287 g/mol. The molecule has 21 heavy (non-hydrogen) atoms. The Kier molecular flexibility index (Phi) is 3.12. The number of para-hydroxylation sites is 1. The SMILES string of the molecule is CC(C)n1c(-c2ccc(F)c(N)c2)nc2c(F)cccc21. The minimum absolute atomic E-state index is 0.0512. The summed E-state index contributed by atoms with van der Waals surface area (Å²) in [7, 11) is 0. The lowest BCUT2D eigenvalue weighted by molar-refractivity contribution is 0.622. The Hall–Kier alpha value is -2.43. The topological polar surface area (TPSA) is 43.8 Å². The lowest BCUT2D eigenvalue weighted by Gasteiger charge is -2.13. The number of nitrogen functional groups attached to an aromatic ring is 1. The molecule has 0 aliphatic heterocycles. The summed E-state index contributed by atoms with van der Waals surface area (Å²) < 4.78 is 29.2. The maximum atomic E-state index is 13.9. The van der Waals surface area contributed by atoms with Crippen molar-refractivity contribution in [3.05, 3.63) is 48.0 Å². The van der Waals surface area contributed by atoms with Crippen LogP contribution in [0, 0.1) is 11.6 Å². The summed E-state index contributed by atoms with van der Waals surface area (Å²) in [5.41, 5.74) is 7.36. The molecule has 0 fully saturated rings. The van der Waals surface area contributed by atoms with E-state index in [2.05, 4.69) is 4.98 Å². The van der Waals surface area contributed by atoms with Crippen molar-refractivity contribution in [2.24, 2.45) is 0 Å².